The first-order chi connectivity index (χ1) is 9.06. The molecule has 0 aliphatic heterocycles. The Morgan fingerprint density at radius 1 is 1.47 bits per heavy atom. The highest BCUT2D eigenvalue weighted by Gasteiger charge is 2.23. The zero-order valence-corrected chi connectivity index (χ0v) is 11.9. The molecule has 1 amide bonds. The van der Waals surface area contributed by atoms with E-state index in [4.69, 9.17) is 5.73 Å². The van der Waals surface area contributed by atoms with Gasteiger partial charge < -0.3 is 11.1 Å². The maximum absolute atomic E-state index is 12.1. The van der Waals surface area contributed by atoms with Crippen molar-refractivity contribution in [2.45, 2.75) is 39.0 Å². The number of nitrogens with two attached hydrogens (primary N) is 1. The van der Waals surface area contributed by atoms with E-state index in [2.05, 4.69) is 12.2 Å². The van der Waals surface area contributed by atoms with Crippen LogP contribution in [0.3, 0.4) is 0 Å². The molecule has 3 heteroatoms. The summed E-state index contributed by atoms with van der Waals surface area (Å²) in [5.74, 6) is 1.44. The van der Waals surface area contributed by atoms with Crippen LogP contribution in [0.15, 0.2) is 24.3 Å². The van der Waals surface area contributed by atoms with E-state index >= 15 is 0 Å². The summed E-state index contributed by atoms with van der Waals surface area (Å²) in [6.07, 6.45) is 3.78. The normalized spacial score (nSPS) is 24.1. The molecule has 3 atom stereocenters. The Balaban J connectivity index is 1.85. The highest BCUT2D eigenvalue weighted by atomic mass is 16.1. The van der Waals surface area contributed by atoms with E-state index < -0.39 is 0 Å². The monoisotopic (exact) mass is 260 g/mol. The van der Waals surface area contributed by atoms with Crippen LogP contribution in [0.2, 0.25) is 0 Å². The number of anilines is 1. The van der Waals surface area contributed by atoms with Crippen LogP contribution < -0.4 is 11.1 Å². The van der Waals surface area contributed by atoms with Crippen LogP contribution in [0.5, 0.6) is 0 Å². The standard InChI is InChI=1S/C16H24N2O/c1-11-6-7-13(8-11)10-18-16(19)12(2)14-4-3-5-15(17)9-14/h3-5,9,11-13H,6-8,10,17H2,1-2H3,(H,18,19). The summed E-state index contributed by atoms with van der Waals surface area (Å²) in [6.45, 7) is 5.04. The van der Waals surface area contributed by atoms with Crippen molar-refractivity contribution in [3.63, 3.8) is 0 Å². The highest BCUT2D eigenvalue weighted by molar-refractivity contribution is 5.83. The lowest BCUT2D eigenvalue weighted by Gasteiger charge is -2.15. The minimum absolute atomic E-state index is 0.102. The first kappa shape index (κ1) is 13.9. The number of carbonyl (C=O) groups is 1. The molecule has 0 saturated heterocycles. The van der Waals surface area contributed by atoms with Crippen LogP contribution in [0.4, 0.5) is 5.69 Å². The molecule has 0 heterocycles. The lowest BCUT2D eigenvalue weighted by Crippen LogP contribution is -2.31. The van der Waals surface area contributed by atoms with E-state index in [9.17, 15) is 4.79 Å². The summed E-state index contributed by atoms with van der Waals surface area (Å²) < 4.78 is 0. The van der Waals surface area contributed by atoms with Gasteiger partial charge in [-0.3, -0.25) is 4.79 Å². The first-order valence-electron chi connectivity index (χ1n) is 7.19. The Morgan fingerprint density at radius 3 is 2.89 bits per heavy atom. The lowest BCUT2D eigenvalue weighted by molar-refractivity contribution is -0.122. The van der Waals surface area contributed by atoms with E-state index in [1.807, 2.05) is 31.2 Å². The molecular weight excluding hydrogens is 236 g/mol. The maximum atomic E-state index is 12.1. The second-order valence-electron chi connectivity index (χ2n) is 5.92. The molecule has 1 aromatic rings. The van der Waals surface area contributed by atoms with Gasteiger partial charge in [0.2, 0.25) is 5.91 Å². The van der Waals surface area contributed by atoms with E-state index in [-0.39, 0.29) is 11.8 Å². The fourth-order valence-corrected chi connectivity index (χ4v) is 2.89. The number of nitrogens with one attached hydrogen (secondary N) is 1. The number of rotatable bonds is 4. The summed E-state index contributed by atoms with van der Waals surface area (Å²) in [7, 11) is 0. The molecule has 3 nitrogen and oxygen atoms in total. The van der Waals surface area contributed by atoms with Gasteiger partial charge in [0.05, 0.1) is 5.92 Å². The van der Waals surface area contributed by atoms with Gasteiger partial charge in [0, 0.05) is 12.2 Å². The van der Waals surface area contributed by atoms with E-state index in [1.54, 1.807) is 0 Å². The smallest absolute Gasteiger partial charge is 0.227 e. The number of hydrogen-bond acceptors (Lipinski definition) is 2. The molecule has 0 radical (unpaired) electrons. The van der Waals surface area contributed by atoms with Crippen molar-refractivity contribution in [2.75, 3.05) is 12.3 Å². The highest BCUT2D eigenvalue weighted by Crippen LogP contribution is 2.29. The Bertz CT molecular complexity index is 444. The third kappa shape index (κ3) is 3.72. The summed E-state index contributed by atoms with van der Waals surface area (Å²) in [4.78, 5) is 12.1. The molecule has 3 unspecified atom stereocenters. The molecule has 0 spiro atoms. The molecule has 1 aromatic carbocycles. The van der Waals surface area contributed by atoms with E-state index in [0.29, 0.717) is 11.6 Å². The summed E-state index contributed by atoms with van der Waals surface area (Å²) in [6, 6.07) is 7.57. The Kier molecular flexibility index (Phi) is 4.46. The maximum Gasteiger partial charge on any atom is 0.227 e. The number of amides is 1. The zero-order valence-electron chi connectivity index (χ0n) is 11.9. The van der Waals surface area contributed by atoms with Crippen LogP contribution in [-0.2, 0) is 4.79 Å². The first-order valence-corrected chi connectivity index (χ1v) is 7.19. The average molecular weight is 260 g/mol. The summed E-state index contributed by atoms with van der Waals surface area (Å²) in [5.41, 5.74) is 7.45. The number of hydrogen-bond donors (Lipinski definition) is 2. The molecular formula is C16H24N2O. The van der Waals surface area contributed by atoms with E-state index in [0.717, 1.165) is 18.0 Å². The minimum atomic E-state index is -0.137. The topological polar surface area (TPSA) is 55.1 Å². The molecule has 1 fully saturated rings. The molecule has 0 bridgehead atoms. The largest absolute Gasteiger partial charge is 0.399 e. The van der Waals surface area contributed by atoms with Gasteiger partial charge in [0.15, 0.2) is 0 Å². The molecule has 19 heavy (non-hydrogen) atoms. The van der Waals surface area contributed by atoms with Crippen molar-refractivity contribution in [1.82, 2.24) is 5.32 Å². The van der Waals surface area contributed by atoms with Gasteiger partial charge in [-0.05, 0) is 49.3 Å². The van der Waals surface area contributed by atoms with Gasteiger partial charge in [-0.2, -0.15) is 0 Å². The van der Waals surface area contributed by atoms with Crippen molar-refractivity contribution in [2.24, 2.45) is 11.8 Å². The zero-order chi connectivity index (χ0) is 13.8. The third-order valence-corrected chi connectivity index (χ3v) is 4.17. The van der Waals surface area contributed by atoms with Crippen LogP contribution in [0, 0.1) is 11.8 Å². The van der Waals surface area contributed by atoms with Gasteiger partial charge in [-0.25, -0.2) is 0 Å². The molecule has 3 N–H and O–H groups in total. The van der Waals surface area contributed by atoms with Crippen molar-refractivity contribution in [1.29, 1.82) is 0 Å². The van der Waals surface area contributed by atoms with Gasteiger partial charge in [-0.15, -0.1) is 0 Å². The van der Waals surface area contributed by atoms with E-state index in [1.165, 1.54) is 19.3 Å². The average Bonchev–Trinajstić information content (AvgIpc) is 2.81. The quantitative estimate of drug-likeness (QED) is 0.818. The van der Waals surface area contributed by atoms with Crippen LogP contribution >= 0.6 is 0 Å². The molecule has 1 saturated carbocycles. The molecule has 0 aromatic heterocycles. The van der Waals surface area contributed by atoms with Crippen molar-refractivity contribution in [3.8, 4) is 0 Å². The number of benzene rings is 1. The van der Waals surface area contributed by atoms with Crippen LogP contribution in [-0.4, -0.2) is 12.5 Å². The molecule has 2 rings (SSSR count). The lowest BCUT2D eigenvalue weighted by atomic mass is 9.99. The van der Waals surface area contributed by atoms with Crippen molar-refractivity contribution in [3.05, 3.63) is 29.8 Å². The SMILES string of the molecule is CC1CCC(CNC(=O)C(C)c2cccc(N)c2)C1. The Morgan fingerprint density at radius 2 is 2.26 bits per heavy atom. The van der Waals surface area contributed by atoms with Crippen LogP contribution in [0.1, 0.15) is 44.6 Å². The van der Waals surface area contributed by atoms with Crippen molar-refractivity contribution < 1.29 is 4.79 Å². The Labute approximate surface area is 115 Å². The molecule has 1 aliphatic rings. The van der Waals surface area contributed by atoms with Gasteiger partial charge in [-0.1, -0.05) is 25.5 Å². The fraction of sp³-hybridized carbons (Fsp3) is 0.562. The van der Waals surface area contributed by atoms with Crippen molar-refractivity contribution >= 4 is 11.6 Å². The second kappa shape index (κ2) is 6.09. The number of carbonyl (C=O) groups excluding carboxylic acids is 1. The number of nitrogen functional groups attached to an aromatic ring is 1. The minimum Gasteiger partial charge on any atom is -0.399 e. The second-order valence-corrected chi connectivity index (χ2v) is 5.92. The van der Waals surface area contributed by atoms with Gasteiger partial charge in [0.1, 0.15) is 0 Å². The van der Waals surface area contributed by atoms with Gasteiger partial charge in [0.25, 0.3) is 0 Å². The predicted molar refractivity (Wildman–Crippen MR) is 78.8 cm³/mol. The molecule has 104 valence electrons. The third-order valence-electron chi connectivity index (χ3n) is 4.17. The predicted octanol–water partition coefficient (Wildman–Crippen LogP) is 2.92. The fourth-order valence-electron chi connectivity index (χ4n) is 2.89. The van der Waals surface area contributed by atoms with Crippen LogP contribution in [0.25, 0.3) is 0 Å². The van der Waals surface area contributed by atoms with Gasteiger partial charge >= 0.3 is 0 Å². The summed E-state index contributed by atoms with van der Waals surface area (Å²) >= 11 is 0. The Hall–Kier alpha value is -1.51. The molecule has 1 aliphatic carbocycles. The summed E-state index contributed by atoms with van der Waals surface area (Å²) in [5, 5.41) is 3.08.